The molecule has 8 atom stereocenters. The molecule has 11 nitrogen and oxygen atoms in total. The third-order valence-corrected chi connectivity index (χ3v) is 14.7. The van der Waals surface area contributed by atoms with E-state index in [1.54, 1.807) is 6.08 Å². The quantitative estimate of drug-likeness (QED) is 0.0195. The molecular weight excluding hydrogens is 943 g/mol. The van der Waals surface area contributed by atoms with Gasteiger partial charge in [-0.1, -0.05) is 268 Å². The van der Waals surface area contributed by atoms with Crippen LogP contribution in [0, 0.1) is 0 Å². The van der Waals surface area contributed by atoms with Gasteiger partial charge in [-0.05, 0) is 57.8 Å². The van der Waals surface area contributed by atoms with Crippen molar-refractivity contribution in [2.24, 2.45) is 0 Å². The Bertz CT molecular complexity index is 1400. The van der Waals surface area contributed by atoms with Gasteiger partial charge in [-0.2, -0.15) is 0 Å². The van der Waals surface area contributed by atoms with Gasteiger partial charge in [-0.3, -0.25) is 9.59 Å². The Hall–Kier alpha value is -2.38. The maximum Gasteiger partial charge on any atom is 0.306 e. The van der Waals surface area contributed by atoms with Gasteiger partial charge >= 0.3 is 5.97 Å². The minimum Gasteiger partial charge on any atom is -0.454 e. The first-order valence-corrected chi connectivity index (χ1v) is 31.4. The van der Waals surface area contributed by atoms with Crippen molar-refractivity contribution in [2.45, 2.75) is 333 Å². The monoisotopic (exact) mass is 1060 g/mol. The summed E-state index contributed by atoms with van der Waals surface area (Å²) in [7, 11) is 0. The van der Waals surface area contributed by atoms with Crippen LogP contribution in [0.25, 0.3) is 0 Å². The van der Waals surface area contributed by atoms with E-state index in [1.807, 2.05) is 6.08 Å². The Kier molecular flexibility index (Phi) is 49.3. The number of allylic oxidation sites excluding steroid dienone is 7. The number of amides is 1. The van der Waals surface area contributed by atoms with Crippen molar-refractivity contribution < 1.29 is 49.3 Å². The van der Waals surface area contributed by atoms with Gasteiger partial charge in [-0.25, -0.2) is 0 Å². The molecule has 0 aromatic heterocycles. The van der Waals surface area contributed by atoms with Crippen LogP contribution in [-0.2, 0) is 23.8 Å². The Morgan fingerprint density at radius 2 is 0.960 bits per heavy atom. The number of aliphatic hydroxyl groups excluding tert-OH is 5. The van der Waals surface area contributed by atoms with E-state index in [2.05, 4.69) is 62.5 Å². The second kappa shape index (κ2) is 52.3. The minimum atomic E-state index is -1.62. The lowest BCUT2D eigenvalue weighted by atomic mass is 9.99. The Balaban J connectivity index is 2.64. The second-order valence-corrected chi connectivity index (χ2v) is 21.8. The highest BCUT2D eigenvalue weighted by atomic mass is 16.7. The highest BCUT2D eigenvalue weighted by molar-refractivity contribution is 5.80. The molecule has 0 saturated carbocycles. The smallest absolute Gasteiger partial charge is 0.306 e. The summed E-state index contributed by atoms with van der Waals surface area (Å²) in [6, 6.07) is -1.03. The van der Waals surface area contributed by atoms with Gasteiger partial charge in [0.25, 0.3) is 0 Å². The number of esters is 1. The lowest BCUT2D eigenvalue weighted by molar-refractivity contribution is -0.305. The standard InChI is InChI=1S/C64H117NO10/c1-4-7-10-13-16-19-22-25-26-27-28-29-30-31-32-34-37-40-43-46-49-52-59(69)75-62-61(71)60(70)58(53-66)74-64(62)73-54-55(56(67)50-47-44-41-38-35-24-21-18-15-12-9-6-3)65-63(72)57(68)51-48-45-42-39-36-33-23-20-17-14-11-8-5-2/h8,11,17,20,33,36,47,50,55-58,60-62,64,66-68,70-71H,4-7,9-10,12-16,18-19,21-32,34-35,37-46,48-49,51-54H2,1-3H3,(H,65,72)/b11-8+,20-17+,36-33+,50-47+. The van der Waals surface area contributed by atoms with E-state index in [4.69, 9.17) is 14.2 Å². The fraction of sp³-hybridized carbons (Fsp3) is 0.844. The molecule has 1 saturated heterocycles. The molecule has 6 N–H and O–H groups in total. The maximum absolute atomic E-state index is 13.4. The van der Waals surface area contributed by atoms with Crippen molar-refractivity contribution in [2.75, 3.05) is 13.2 Å². The second-order valence-electron chi connectivity index (χ2n) is 21.8. The number of unbranched alkanes of at least 4 members (excludes halogenated alkanes) is 33. The summed E-state index contributed by atoms with van der Waals surface area (Å²) in [6.45, 7) is 5.68. The summed E-state index contributed by atoms with van der Waals surface area (Å²) < 4.78 is 17.6. The van der Waals surface area contributed by atoms with Gasteiger partial charge in [0.2, 0.25) is 5.91 Å². The number of hydrogen-bond donors (Lipinski definition) is 6. The van der Waals surface area contributed by atoms with E-state index in [1.165, 1.54) is 161 Å². The van der Waals surface area contributed by atoms with Gasteiger partial charge in [-0.15, -0.1) is 0 Å². The third kappa shape index (κ3) is 40.5. The Labute approximate surface area is 459 Å². The molecule has 0 bridgehead atoms. The summed E-state index contributed by atoms with van der Waals surface area (Å²) in [5.41, 5.74) is 0. The van der Waals surface area contributed by atoms with Gasteiger partial charge in [0.15, 0.2) is 12.4 Å². The summed E-state index contributed by atoms with van der Waals surface area (Å²) in [6.07, 6.45) is 53.0. The van der Waals surface area contributed by atoms with Crippen molar-refractivity contribution in [1.29, 1.82) is 0 Å². The van der Waals surface area contributed by atoms with Crippen LogP contribution in [0.15, 0.2) is 48.6 Å². The molecule has 0 aliphatic carbocycles. The normalized spacial score (nSPS) is 19.5. The van der Waals surface area contributed by atoms with Crippen molar-refractivity contribution in [3.05, 3.63) is 48.6 Å². The van der Waals surface area contributed by atoms with Crippen LogP contribution in [0.4, 0.5) is 0 Å². The van der Waals surface area contributed by atoms with E-state index < -0.39 is 67.4 Å². The molecule has 8 unspecified atom stereocenters. The fourth-order valence-corrected chi connectivity index (χ4v) is 9.78. The zero-order chi connectivity index (χ0) is 54.7. The molecule has 1 aliphatic rings. The molecule has 1 fully saturated rings. The number of carbonyl (C=O) groups is 2. The topological polar surface area (TPSA) is 175 Å². The molecule has 0 aromatic rings. The first-order chi connectivity index (χ1) is 36.7. The molecule has 1 rings (SSSR count). The molecule has 0 radical (unpaired) electrons. The van der Waals surface area contributed by atoms with Crippen LogP contribution in [0.2, 0.25) is 0 Å². The molecule has 0 spiro atoms. The van der Waals surface area contributed by atoms with E-state index in [0.29, 0.717) is 12.8 Å². The first-order valence-electron chi connectivity index (χ1n) is 31.4. The van der Waals surface area contributed by atoms with Crippen molar-refractivity contribution in [3.63, 3.8) is 0 Å². The van der Waals surface area contributed by atoms with E-state index in [9.17, 15) is 35.1 Å². The first kappa shape index (κ1) is 70.6. The predicted molar refractivity (Wildman–Crippen MR) is 310 cm³/mol. The highest BCUT2D eigenvalue weighted by Gasteiger charge is 2.47. The van der Waals surface area contributed by atoms with Gasteiger partial charge in [0.1, 0.15) is 24.4 Å². The average Bonchev–Trinajstić information content (AvgIpc) is 3.41. The molecule has 75 heavy (non-hydrogen) atoms. The highest BCUT2D eigenvalue weighted by Crippen LogP contribution is 2.26. The van der Waals surface area contributed by atoms with Crippen LogP contribution in [0.5, 0.6) is 0 Å². The van der Waals surface area contributed by atoms with Crippen LogP contribution in [0.3, 0.4) is 0 Å². The number of carbonyl (C=O) groups excluding carboxylic acids is 2. The van der Waals surface area contributed by atoms with E-state index in [0.717, 1.165) is 77.0 Å². The summed E-state index contributed by atoms with van der Waals surface area (Å²) in [5.74, 6) is -1.21. The SMILES string of the molecule is CC/C=C/C/C=C/C/C=C/CCCCCC(O)C(=O)NC(COC1OC(CO)C(O)C(O)C1OC(=O)CCCCCCCCCCCCCCCCCCCCCCC)C(O)/C=C/CCCCCCCCCCCC. The molecule has 1 amide bonds. The number of rotatable bonds is 53. The van der Waals surface area contributed by atoms with Crippen LogP contribution in [0.1, 0.15) is 284 Å². The summed E-state index contributed by atoms with van der Waals surface area (Å²) in [5, 5.41) is 56.9. The number of aliphatic hydroxyl groups is 5. The molecule has 438 valence electrons. The van der Waals surface area contributed by atoms with Gasteiger partial charge in [0, 0.05) is 6.42 Å². The van der Waals surface area contributed by atoms with Crippen LogP contribution in [-0.4, -0.2) is 99.6 Å². The largest absolute Gasteiger partial charge is 0.454 e. The van der Waals surface area contributed by atoms with Crippen LogP contribution >= 0.6 is 0 Å². The minimum absolute atomic E-state index is 0.124. The number of ether oxygens (including phenoxy) is 3. The molecule has 11 heteroatoms. The lowest BCUT2D eigenvalue weighted by Crippen LogP contribution is -2.61. The number of hydrogen-bond acceptors (Lipinski definition) is 10. The van der Waals surface area contributed by atoms with E-state index in [-0.39, 0.29) is 19.4 Å². The zero-order valence-electron chi connectivity index (χ0n) is 48.4. The van der Waals surface area contributed by atoms with Crippen molar-refractivity contribution >= 4 is 11.9 Å². The molecular formula is C64H117NO10. The summed E-state index contributed by atoms with van der Waals surface area (Å²) in [4.78, 5) is 26.5. The van der Waals surface area contributed by atoms with Crippen molar-refractivity contribution in [3.8, 4) is 0 Å². The van der Waals surface area contributed by atoms with E-state index >= 15 is 0 Å². The van der Waals surface area contributed by atoms with Gasteiger partial charge < -0.3 is 45.1 Å². The molecule has 0 aromatic carbocycles. The average molecular weight is 1060 g/mol. The number of nitrogens with one attached hydrogen (secondary N) is 1. The Morgan fingerprint density at radius 3 is 1.44 bits per heavy atom. The predicted octanol–water partition coefficient (Wildman–Crippen LogP) is 14.8. The molecule has 1 aliphatic heterocycles. The maximum atomic E-state index is 13.4. The summed E-state index contributed by atoms with van der Waals surface area (Å²) >= 11 is 0. The fourth-order valence-electron chi connectivity index (χ4n) is 9.78. The van der Waals surface area contributed by atoms with Gasteiger partial charge in [0.05, 0.1) is 25.4 Å². The Morgan fingerprint density at radius 1 is 0.533 bits per heavy atom. The van der Waals surface area contributed by atoms with Crippen molar-refractivity contribution in [1.82, 2.24) is 5.32 Å². The third-order valence-electron chi connectivity index (χ3n) is 14.7. The zero-order valence-corrected chi connectivity index (χ0v) is 48.4. The lowest BCUT2D eigenvalue weighted by Gasteiger charge is -2.41. The van der Waals surface area contributed by atoms with Crippen LogP contribution < -0.4 is 5.32 Å². The molecule has 1 heterocycles.